The largest absolute Gasteiger partial charge is 0.462 e. The zero-order valence-electron chi connectivity index (χ0n) is 15.6. The highest BCUT2D eigenvalue weighted by molar-refractivity contribution is 5.72. The minimum absolute atomic E-state index is 0.126. The van der Waals surface area contributed by atoms with Gasteiger partial charge in [-0.3, -0.25) is 14.9 Å². The first-order valence-electron chi connectivity index (χ1n) is 9.09. The molecule has 0 aromatic heterocycles. The van der Waals surface area contributed by atoms with Gasteiger partial charge in [0.1, 0.15) is 12.0 Å². The van der Waals surface area contributed by atoms with E-state index in [9.17, 15) is 14.9 Å². The van der Waals surface area contributed by atoms with Crippen LogP contribution >= 0.6 is 0 Å². The standard InChI is InChI=1S/C20H29NO4/c1-14-10-11-17(20(3,4)16-8-6-5-7-9-16)18(12-14)25-19(22)15(2)13-21(23)24/h5-9,14-15,17-18H,10-13H2,1-4H3/t14-,15-,17-,18-/m1/s1. The summed E-state index contributed by atoms with van der Waals surface area (Å²) in [6.45, 7) is 7.75. The van der Waals surface area contributed by atoms with Gasteiger partial charge >= 0.3 is 5.97 Å². The Kier molecular flexibility index (Phi) is 6.20. The fraction of sp³-hybridized carbons (Fsp3) is 0.650. The van der Waals surface area contributed by atoms with Gasteiger partial charge in [0.05, 0.1) is 0 Å². The van der Waals surface area contributed by atoms with Crippen molar-refractivity contribution < 1.29 is 14.5 Å². The molecule has 1 aliphatic rings. The molecule has 0 aliphatic heterocycles. The Morgan fingerprint density at radius 2 is 1.96 bits per heavy atom. The topological polar surface area (TPSA) is 69.4 Å². The van der Waals surface area contributed by atoms with E-state index < -0.39 is 16.8 Å². The predicted molar refractivity (Wildman–Crippen MR) is 96.9 cm³/mol. The van der Waals surface area contributed by atoms with Crippen LogP contribution in [0.4, 0.5) is 0 Å². The van der Waals surface area contributed by atoms with Crippen LogP contribution in [0.3, 0.4) is 0 Å². The van der Waals surface area contributed by atoms with E-state index in [4.69, 9.17) is 4.74 Å². The molecule has 0 amide bonds. The lowest BCUT2D eigenvalue weighted by Gasteiger charge is -2.44. The van der Waals surface area contributed by atoms with Gasteiger partial charge in [-0.15, -0.1) is 0 Å². The molecule has 5 nitrogen and oxygen atoms in total. The fourth-order valence-electron chi connectivity index (χ4n) is 3.93. The monoisotopic (exact) mass is 347 g/mol. The van der Waals surface area contributed by atoms with Crippen LogP contribution in [0.25, 0.3) is 0 Å². The molecule has 138 valence electrons. The summed E-state index contributed by atoms with van der Waals surface area (Å²) in [7, 11) is 0. The van der Waals surface area contributed by atoms with Crippen LogP contribution in [0, 0.1) is 27.9 Å². The first-order valence-corrected chi connectivity index (χ1v) is 9.09. The quantitative estimate of drug-likeness (QED) is 0.439. The van der Waals surface area contributed by atoms with Crippen LogP contribution in [0.15, 0.2) is 30.3 Å². The third-order valence-electron chi connectivity index (χ3n) is 5.59. The molecule has 5 heteroatoms. The minimum atomic E-state index is -0.715. The predicted octanol–water partition coefficient (Wildman–Crippen LogP) is 4.23. The molecule has 0 unspecified atom stereocenters. The van der Waals surface area contributed by atoms with Gasteiger partial charge in [-0.2, -0.15) is 0 Å². The van der Waals surface area contributed by atoms with Crippen LogP contribution in [-0.4, -0.2) is 23.5 Å². The van der Waals surface area contributed by atoms with Crippen molar-refractivity contribution in [1.82, 2.24) is 0 Å². The van der Waals surface area contributed by atoms with Gasteiger partial charge < -0.3 is 4.74 Å². The normalized spacial score (nSPS) is 25.2. The Balaban J connectivity index is 2.17. The van der Waals surface area contributed by atoms with E-state index in [1.54, 1.807) is 6.92 Å². The maximum absolute atomic E-state index is 12.3. The summed E-state index contributed by atoms with van der Waals surface area (Å²) < 4.78 is 5.80. The summed E-state index contributed by atoms with van der Waals surface area (Å²) in [5.41, 5.74) is 1.10. The molecule has 0 heterocycles. The first-order chi connectivity index (χ1) is 11.7. The van der Waals surface area contributed by atoms with Crippen LogP contribution in [-0.2, 0) is 14.9 Å². The van der Waals surface area contributed by atoms with Gasteiger partial charge in [-0.25, -0.2) is 0 Å². The van der Waals surface area contributed by atoms with Crippen LogP contribution in [0.1, 0.15) is 52.5 Å². The van der Waals surface area contributed by atoms with Gasteiger partial charge in [-0.1, -0.05) is 57.5 Å². The SMILES string of the molecule is C[C@@H]1CC[C@@H](C(C)(C)c2ccccc2)[C@H](OC(=O)[C@H](C)C[N+](=O)[O-])C1. The summed E-state index contributed by atoms with van der Waals surface area (Å²) in [5, 5.41) is 10.7. The van der Waals surface area contributed by atoms with Crippen LogP contribution in [0.5, 0.6) is 0 Å². The van der Waals surface area contributed by atoms with Crippen molar-refractivity contribution in [2.24, 2.45) is 17.8 Å². The average Bonchev–Trinajstić information content (AvgIpc) is 2.54. The van der Waals surface area contributed by atoms with E-state index in [-0.39, 0.29) is 24.0 Å². The molecule has 0 N–H and O–H groups in total. The smallest absolute Gasteiger partial charge is 0.315 e. The van der Waals surface area contributed by atoms with Crippen molar-refractivity contribution in [3.05, 3.63) is 46.0 Å². The van der Waals surface area contributed by atoms with Crippen molar-refractivity contribution in [1.29, 1.82) is 0 Å². The van der Waals surface area contributed by atoms with Crippen LogP contribution in [0.2, 0.25) is 0 Å². The Labute approximate surface area is 149 Å². The Hall–Kier alpha value is -1.91. The van der Waals surface area contributed by atoms with Crippen LogP contribution < -0.4 is 0 Å². The molecular formula is C20H29NO4. The number of nitrogens with zero attached hydrogens (tertiary/aromatic N) is 1. The summed E-state index contributed by atoms with van der Waals surface area (Å²) in [5.74, 6) is -0.471. The Morgan fingerprint density at radius 1 is 1.32 bits per heavy atom. The van der Waals surface area contributed by atoms with Gasteiger partial charge in [0.25, 0.3) is 0 Å². The summed E-state index contributed by atoms with van der Waals surface area (Å²) in [4.78, 5) is 22.5. The molecule has 0 saturated heterocycles. The number of esters is 1. The number of benzene rings is 1. The lowest BCUT2D eigenvalue weighted by molar-refractivity contribution is -0.485. The third-order valence-corrected chi connectivity index (χ3v) is 5.59. The number of carbonyl (C=O) groups is 1. The van der Waals surface area contributed by atoms with E-state index >= 15 is 0 Å². The second-order valence-corrected chi connectivity index (χ2v) is 8.00. The molecule has 0 spiro atoms. The number of hydrogen-bond donors (Lipinski definition) is 0. The Morgan fingerprint density at radius 3 is 2.56 bits per heavy atom. The molecule has 1 saturated carbocycles. The van der Waals surface area contributed by atoms with E-state index in [1.807, 2.05) is 18.2 Å². The molecule has 1 aliphatic carbocycles. The molecule has 1 fully saturated rings. The molecule has 0 radical (unpaired) electrons. The van der Waals surface area contributed by atoms with Gasteiger partial charge in [-0.05, 0) is 36.7 Å². The molecule has 25 heavy (non-hydrogen) atoms. The first kappa shape index (κ1) is 19.4. The minimum Gasteiger partial charge on any atom is -0.462 e. The fourth-order valence-corrected chi connectivity index (χ4v) is 3.93. The van der Waals surface area contributed by atoms with Gasteiger partial charge in [0.2, 0.25) is 6.54 Å². The molecule has 4 atom stereocenters. The lowest BCUT2D eigenvalue weighted by atomic mass is 9.64. The summed E-state index contributed by atoms with van der Waals surface area (Å²) in [6.07, 6.45) is 2.72. The zero-order valence-corrected chi connectivity index (χ0v) is 15.6. The van der Waals surface area contributed by atoms with E-state index in [0.717, 1.165) is 19.3 Å². The highest BCUT2D eigenvalue weighted by Crippen LogP contribution is 2.43. The highest BCUT2D eigenvalue weighted by Gasteiger charge is 2.42. The molecule has 1 aromatic carbocycles. The van der Waals surface area contributed by atoms with Crippen molar-refractivity contribution in [3.63, 3.8) is 0 Å². The van der Waals surface area contributed by atoms with Crippen molar-refractivity contribution in [2.75, 3.05) is 6.54 Å². The maximum Gasteiger partial charge on any atom is 0.315 e. The lowest BCUT2D eigenvalue weighted by Crippen LogP contribution is -2.44. The van der Waals surface area contributed by atoms with Crippen molar-refractivity contribution in [2.45, 2.75) is 58.5 Å². The third kappa shape index (κ3) is 4.80. The summed E-state index contributed by atoms with van der Waals surface area (Å²) >= 11 is 0. The molecule has 0 bridgehead atoms. The maximum atomic E-state index is 12.3. The summed E-state index contributed by atoms with van der Waals surface area (Å²) in [6, 6.07) is 10.3. The second-order valence-electron chi connectivity index (χ2n) is 8.00. The number of ether oxygens (including phenoxy) is 1. The van der Waals surface area contributed by atoms with Gasteiger partial charge in [0, 0.05) is 10.8 Å². The average molecular weight is 347 g/mol. The number of nitro groups is 1. The molecule has 1 aromatic rings. The van der Waals surface area contributed by atoms with E-state index in [2.05, 4.69) is 32.9 Å². The zero-order chi connectivity index (χ0) is 18.6. The van der Waals surface area contributed by atoms with Crippen molar-refractivity contribution in [3.8, 4) is 0 Å². The van der Waals surface area contributed by atoms with E-state index in [0.29, 0.717) is 5.92 Å². The number of carbonyl (C=O) groups excluding carboxylic acids is 1. The highest BCUT2D eigenvalue weighted by atomic mass is 16.6. The Bertz CT molecular complexity index is 599. The molecule has 2 rings (SSSR count). The van der Waals surface area contributed by atoms with Crippen molar-refractivity contribution >= 4 is 5.97 Å². The number of hydrogen-bond acceptors (Lipinski definition) is 4. The second kappa shape index (κ2) is 7.98. The number of rotatable bonds is 6. The molecular weight excluding hydrogens is 318 g/mol. The van der Waals surface area contributed by atoms with E-state index in [1.165, 1.54) is 5.56 Å². The van der Waals surface area contributed by atoms with Gasteiger partial charge in [0.15, 0.2) is 0 Å².